The van der Waals surface area contributed by atoms with Gasteiger partial charge in [-0.3, -0.25) is 10.3 Å². The van der Waals surface area contributed by atoms with Crippen LogP contribution in [0, 0.1) is 0 Å². The number of nitrogens with one attached hydrogen (secondary N) is 2. The first-order valence-corrected chi connectivity index (χ1v) is 11.2. The summed E-state index contributed by atoms with van der Waals surface area (Å²) in [6.07, 6.45) is 4.70. The third-order valence-corrected chi connectivity index (χ3v) is 5.31. The number of ether oxygens (including phenoxy) is 1. The molecule has 1 aliphatic rings. The molecule has 0 aliphatic carbocycles. The van der Waals surface area contributed by atoms with Crippen molar-refractivity contribution < 1.29 is 9.53 Å². The second-order valence-corrected chi connectivity index (χ2v) is 7.97. The van der Waals surface area contributed by atoms with E-state index in [9.17, 15) is 4.79 Å². The van der Waals surface area contributed by atoms with E-state index in [1.807, 2.05) is 30.3 Å². The summed E-state index contributed by atoms with van der Waals surface area (Å²) in [5.41, 5.74) is 10.2. The van der Waals surface area contributed by atoms with Crippen molar-refractivity contribution in [2.75, 3.05) is 31.3 Å². The zero-order valence-electron chi connectivity index (χ0n) is 17.8. The first-order valence-electron chi connectivity index (χ1n) is 10.7. The highest BCUT2D eigenvalue weighted by molar-refractivity contribution is 7.80. The molecule has 2 amide bonds. The Kier molecular flexibility index (Phi) is 8.93. The van der Waals surface area contributed by atoms with Crippen LogP contribution in [-0.4, -0.2) is 42.3 Å². The minimum absolute atomic E-state index is 0.325. The summed E-state index contributed by atoms with van der Waals surface area (Å²) in [4.78, 5) is 14.2. The Bertz CT molecular complexity index is 843. The number of para-hydroxylation sites is 1. The van der Waals surface area contributed by atoms with Crippen molar-refractivity contribution in [2.24, 2.45) is 5.73 Å². The first-order chi connectivity index (χ1) is 15.1. The highest BCUT2D eigenvalue weighted by Crippen LogP contribution is 2.17. The Morgan fingerprint density at radius 3 is 2.61 bits per heavy atom. The lowest BCUT2D eigenvalue weighted by Crippen LogP contribution is -2.52. The lowest BCUT2D eigenvalue weighted by Gasteiger charge is -2.26. The van der Waals surface area contributed by atoms with Crippen LogP contribution in [0.15, 0.2) is 54.6 Å². The summed E-state index contributed by atoms with van der Waals surface area (Å²) in [5.74, 6) is 0.888. The predicted molar refractivity (Wildman–Crippen MR) is 128 cm³/mol. The maximum Gasteiger partial charge on any atom is 0.338 e. The van der Waals surface area contributed by atoms with E-state index < -0.39 is 6.03 Å². The molecule has 1 saturated heterocycles. The standard InChI is InChI=1S/C23H31N5O2S/c24-22(29)28(20-10-3-1-4-11-20)26-23(31)25-13-8-16-30-21-12-7-9-19(17-21)18-27-14-5-2-6-15-27/h1,3-4,7,9-12,17H,2,5-6,8,13-16,18H2,(H2,24,29)(H2,25,26,31). The highest BCUT2D eigenvalue weighted by Gasteiger charge is 2.13. The fourth-order valence-electron chi connectivity index (χ4n) is 3.54. The van der Waals surface area contributed by atoms with Crippen molar-refractivity contribution in [1.29, 1.82) is 0 Å². The number of urea groups is 1. The largest absolute Gasteiger partial charge is 0.494 e. The number of benzene rings is 2. The molecule has 0 unspecified atom stereocenters. The van der Waals surface area contributed by atoms with Crippen LogP contribution in [0.2, 0.25) is 0 Å². The van der Waals surface area contributed by atoms with Crippen LogP contribution < -0.4 is 26.2 Å². The molecule has 2 aromatic carbocycles. The van der Waals surface area contributed by atoms with Gasteiger partial charge in [0.25, 0.3) is 0 Å². The third-order valence-electron chi connectivity index (χ3n) is 5.08. The van der Waals surface area contributed by atoms with E-state index in [0.717, 1.165) is 18.7 Å². The normalized spacial score (nSPS) is 13.9. The fourth-order valence-corrected chi connectivity index (χ4v) is 3.73. The van der Waals surface area contributed by atoms with E-state index in [0.29, 0.717) is 24.0 Å². The molecule has 31 heavy (non-hydrogen) atoms. The number of hydrogen-bond acceptors (Lipinski definition) is 4. The molecule has 4 N–H and O–H groups in total. The van der Waals surface area contributed by atoms with Gasteiger partial charge in [-0.15, -0.1) is 0 Å². The quantitative estimate of drug-likeness (QED) is 0.331. The van der Waals surface area contributed by atoms with E-state index in [4.69, 9.17) is 22.7 Å². The maximum atomic E-state index is 11.7. The Morgan fingerprint density at radius 1 is 1.10 bits per heavy atom. The molecule has 1 fully saturated rings. The zero-order chi connectivity index (χ0) is 21.9. The van der Waals surface area contributed by atoms with Crippen molar-refractivity contribution in [2.45, 2.75) is 32.2 Å². The number of primary amides is 1. The number of nitrogens with zero attached hydrogens (tertiary/aromatic N) is 2. The number of nitrogens with two attached hydrogens (primary N) is 1. The van der Waals surface area contributed by atoms with Crippen LogP contribution in [0.25, 0.3) is 0 Å². The summed E-state index contributed by atoms with van der Waals surface area (Å²) in [5, 5.41) is 4.61. The van der Waals surface area contributed by atoms with Gasteiger partial charge in [-0.2, -0.15) is 0 Å². The molecule has 3 rings (SSSR count). The number of rotatable bonds is 8. The number of anilines is 1. The first kappa shape index (κ1) is 22.8. The summed E-state index contributed by atoms with van der Waals surface area (Å²) in [6, 6.07) is 16.7. The number of carbonyl (C=O) groups is 1. The number of carbonyl (C=O) groups excluding carboxylic acids is 1. The smallest absolute Gasteiger partial charge is 0.338 e. The molecule has 0 aromatic heterocycles. The number of thiocarbonyl (C=S) groups is 1. The molecule has 1 aliphatic heterocycles. The van der Waals surface area contributed by atoms with Crippen LogP contribution in [-0.2, 0) is 6.54 Å². The average molecular weight is 442 g/mol. The monoisotopic (exact) mass is 441 g/mol. The molecule has 0 spiro atoms. The van der Waals surface area contributed by atoms with Crippen molar-refractivity contribution >= 4 is 29.0 Å². The van der Waals surface area contributed by atoms with Crippen molar-refractivity contribution in [1.82, 2.24) is 15.6 Å². The Labute approximate surface area is 189 Å². The van der Waals surface area contributed by atoms with Gasteiger partial charge in [0, 0.05) is 13.1 Å². The minimum atomic E-state index is -0.636. The molecule has 7 nitrogen and oxygen atoms in total. The zero-order valence-corrected chi connectivity index (χ0v) is 18.6. The topological polar surface area (TPSA) is 82.9 Å². The number of hydrogen-bond donors (Lipinski definition) is 3. The van der Waals surface area contributed by atoms with Crippen LogP contribution in [0.4, 0.5) is 10.5 Å². The Balaban J connectivity index is 1.36. The Hall–Kier alpha value is -2.84. The molecule has 1 heterocycles. The van der Waals surface area contributed by atoms with Gasteiger partial charge in [-0.1, -0.05) is 36.8 Å². The molecule has 0 radical (unpaired) electrons. The van der Waals surface area contributed by atoms with Gasteiger partial charge in [0.15, 0.2) is 5.11 Å². The van der Waals surface area contributed by atoms with Crippen LogP contribution >= 0.6 is 12.2 Å². The van der Waals surface area contributed by atoms with E-state index in [-0.39, 0.29) is 0 Å². The van der Waals surface area contributed by atoms with Gasteiger partial charge >= 0.3 is 6.03 Å². The lowest BCUT2D eigenvalue weighted by atomic mass is 10.1. The predicted octanol–water partition coefficient (Wildman–Crippen LogP) is 3.41. The van der Waals surface area contributed by atoms with Gasteiger partial charge in [0.2, 0.25) is 0 Å². The van der Waals surface area contributed by atoms with Crippen LogP contribution in [0.3, 0.4) is 0 Å². The molecular formula is C23H31N5O2S. The minimum Gasteiger partial charge on any atom is -0.494 e. The Morgan fingerprint density at radius 2 is 1.87 bits per heavy atom. The van der Waals surface area contributed by atoms with E-state index >= 15 is 0 Å². The van der Waals surface area contributed by atoms with Gasteiger partial charge in [-0.05, 0) is 74.4 Å². The van der Waals surface area contributed by atoms with Gasteiger partial charge in [0.1, 0.15) is 5.75 Å². The van der Waals surface area contributed by atoms with E-state index in [1.165, 1.54) is 42.9 Å². The van der Waals surface area contributed by atoms with Crippen LogP contribution in [0.1, 0.15) is 31.2 Å². The third kappa shape index (κ3) is 7.73. The van der Waals surface area contributed by atoms with Gasteiger partial charge in [-0.25, -0.2) is 9.80 Å². The second kappa shape index (κ2) is 12.1. The highest BCUT2D eigenvalue weighted by atomic mass is 32.1. The summed E-state index contributed by atoms with van der Waals surface area (Å²) in [6.45, 7) is 4.53. The number of piperidine rings is 1. The maximum absolute atomic E-state index is 11.7. The second-order valence-electron chi connectivity index (χ2n) is 7.56. The van der Waals surface area contributed by atoms with Crippen molar-refractivity contribution in [3.8, 4) is 5.75 Å². The van der Waals surface area contributed by atoms with Gasteiger partial charge in [0.05, 0.1) is 12.3 Å². The molecule has 2 aromatic rings. The molecule has 0 saturated carbocycles. The average Bonchev–Trinajstić information content (AvgIpc) is 2.78. The molecule has 166 valence electrons. The van der Waals surface area contributed by atoms with E-state index in [1.54, 1.807) is 12.1 Å². The number of amides is 2. The summed E-state index contributed by atoms with van der Waals surface area (Å²) >= 11 is 5.27. The summed E-state index contributed by atoms with van der Waals surface area (Å²) < 4.78 is 5.90. The molecule has 0 bridgehead atoms. The van der Waals surface area contributed by atoms with Crippen molar-refractivity contribution in [3.63, 3.8) is 0 Å². The number of likely N-dealkylation sites (tertiary alicyclic amines) is 1. The van der Waals surface area contributed by atoms with Crippen molar-refractivity contribution in [3.05, 3.63) is 60.2 Å². The SMILES string of the molecule is NC(=O)N(NC(=S)NCCCOc1cccc(CN2CCCCC2)c1)c1ccccc1. The number of hydrazine groups is 1. The van der Waals surface area contributed by atoms with Gasteiger partial charge < -0.3 is 15.8 Å². The summed E-state index contributed by atoms with van der Waals surface area (Å²) in [7, 11) is 0. The molecule has 8 heteroatoms. The van der Waals surface area contributed by atoms with E-state index in [2.05, 4.69) is 27.8 Å². The van der Waals surface area contributed by atoms with Crippen LogP contribution in [0.5, 0.6) is 5.75 Å². The lowest BCUT2D eigenvalue weighted by molar-refractivity contribution is 0.220. The molecule has 0 atom stereocenters. The molecular weight excluding hydrogens is 410 g/mol. The fraction of sp³-hybridized carbons (Fsp3) is 0.391.